The monoisotopic (exact) mass is 361 g/mol. The zero-order valence-electron chi connectivity index (χ0n) is 17.6. The summed E-state index contributed by atoms with van der Waals surface area (Å²) in [6.45, 7) is 20.3. The minimum absolute atomic E-state index is 0.102. The predicted molar refractivity (Wildman–Crippen MR) is 105 cm³/mol. The van der Waals surface area contributed by atoms with Crippen LogP contribution < -0.4 is 0 Å². The number of carbonyl (C=O) groups is 1. The average molecular weight is 362 g/mol. The fourth-order valence-electron chi connectivity index (χ4n) is 2.18. The number of methoxy groups -OCH3 is 1. The topological polar surface area (TPSA) is 38.8 Å². The Balaban J connectivity index is 4.69. The minimum Gasteiger partial charge on any atom is -0.379 e. The van der Waals surface area contributed by atoms with Gasteiger partial charge in [0.2, 0.25) is 5.91 Å². The molecule has 0 aromatic heterocycles. The van der Waals surface area contributed by atoms with Crippen LogP contribution in [-0.4, -0.2) is 47.7 Å². The van der Waals surface area contributed by atoms with E-state index in [0.29, 0.717) is 27.4 Å². The van der Waals surface area contributed by atoms with Gasteiger partial charge in [-0.05, 0) is 53.9 Å². The third kappa shape index (κ3) is 11.4. The van der Waals surface area contributed by atoms with E-state index in [-0.39, 0.29) is 16.9 Å². The van der Waals surface area contributed by atoms with Crippen LogP contribution in [0.4, 0.5) is 0 Å². The molecule has 0 saturated carbocycles. The van der Waals surface area contributed by atoms with Gasteiger partial charge < -0.3 is 14.1 Å². The van der Waals surface area contributed by atoms with Crippen molar-refractivity contribution in [1.29, 1.82) is 0 Å². The molecule has 1 amide bonds. The molecule has 1 atom stereocenters. The number of carbonyl (C=O) groups excluding carboxylic acids is 1. The molecule has 144 valence electrons. The van der Waals surface area contributed by atoms with Crippen LogP contribution in [0.3, 0.4) is 0 Å². The van der Waals surface area contributed by atoms with E-state index in [4.69, 9.17) is 9.47 Å². The molecule has 0 radical (unpaired) electrons. The Morgan fingerprint density at radius 2 is 1.58 bits per heavy atom. The molecule has 0 fully saturated rings. The van der Waals surface area contributed by atoms with Crippen LogP contribution in [0.15, 0.2) is 0 Å². The van der Waals surface area contributed by atoms with Gasteiger partial charge in [-0.3, -0.25) is 4.79 Å². The maximum Gasteiger partial charge on any atom is 0.228 e. The smallest absolute Gasteiger partial charge is 0.228 e. The predicted octanol–water partition coefficient (Wildman–Crippen LogP) is 4.86. The van der Waals surface area contributed by atoms with Crippen LogP contribution >= 0.6 is 8.73 Å². The van der Waals surface area contributed by atoms with E-state index in [1.54, 1.807) is 7.11 Å². The molecule has 0 N–H and O–H groups in total. The molecule has 0 heterocycles. The van der Waals surface area contributed by atoms with Crippen LogP contribution in [0.1, 0.15) is 75.2 Å². The summed E-state index contributed by atoms with van der Waals surface area (Å²) in [6.07, 6.45) is 1.22. The highest BCUT2D eigenvalue weighted by Gasteiger charge is 2.29. The van der Waals surface area contributed by atoms with Gasteiger partial charge >= 0.3 is 0 Å². The van der Waals surface area contributed by atoms with Gasteiger partial charge in [0.15, 0.2) is 0 Å². The molecule has 5 heteroatoms. The van der Waals surface area contributed by atoms with Crippen molar-refractivity contribution in [3.8, 4) is 0 Å². The van der Waals surface area contributed by atoms with E-state index in [1.807, 2.05) is 32.4 Å². The van der Waals surface area contributed by atoms with Gasteiger partial charge in [0, 0.05) is 13.7 Å². The summed E-state index contributed by atoms with van der Waals surface area (Å²) in [5.74, 6) is 0.188. The van der Waals surface area contributed by atoms with Crippen molar-refractivity contribution in [1.82, 2.24) is 4.67 Å². The standard InChI is InChI=1S/C19H40NO3P/c1-15(2)24-20(14-17(3,4)5)16(21)13-19(8,9)23-12-11-18(6,7)22-10/h15,24H,11-14H2,1-10H3. The first-order chi connectivity index (χ1) is 10.7. The fourth-order valence-corrected chi connectivity index (χ4v) is 3.59. The lowest BCUT2D eigenvalue weighted by atomic mass is 9.96. The van der Waals surface area contributed by atoms with E-state index in [2.05, 4.69) is 34.6 Å². The zero-order chi connectivity index (χ0) is 19.2. The quantitative estimate of drug-likeness (QED) is 0.521. The van der Waals surface area contributed by atoms with Gasteiger partial charge in [-0.25, -0.2) is 0 Å². The van der Waals surface area contributed by atoms with Gasteiger partial charge in [0.1, 0.15) is 0 Å². The molecule has 0 rings (SSSR count). The summed E-state index contributed by atoms with van der Waals surface area (Å²) in [5, 5.41) is 0. The van der Waals surface area contributed by atoms with E-state index >= 15 is 0 Å². The summed E-state index contributed by atoms with van der Waals surface area (Å²) in [5.41, 5.74) is -0.0659. The van der Waals surface area contributed by atoms with Gasteiger partial charge in [-0.1, -0.05) is 34.6 Å². The SMILES string of the molecule is COC(C)(C)CCOC(C)(C)CC(=O)N(CC(C)(C)C)PC(C)C. The second-order valence-corrected chi connectivity index (χ2v) is 11.3. The van der Waals surface area contributed by atoms with Gasteiger partial charge in [-0.15, -0.1) is 0 Å². The first-order valence-corrected chi connectivity index (χ1v) is 9.95. The zero-order valence-corrected chi connectivity index (χ0v) is 18.6. The number of rotatable bonds is 10. The average Bonchev–Trinajstić information content (AvgIpc) is 2.34. The fraction of sp³-hybridized carbons (Fsp3) is 0.947. The maximum absolute atomic E-state index is 12.8. The van der Waals surface area contributed by atoms with E-state index < -0.39 is 5.60 Å². The highest BCUT2D eigenvalue weighted by atomic mass is 31.1. The Labute approximate surface area is 151 Å². The first kappa shape index (κ1) is 23.8. The molecule has 0 aromatic carbocycles. The Morgan fingerprint density at radius 1 is 1.04 bits per heavy atom. The summed E-state index contributed by atoms with van der Waals surface area (Å²) in [7, 11) is 2.24. The summed E-state index contributed by atoms with van der Waals surface area (Å²) in [6, 6.07) is 0. The number of nitrogens with zero attached hydrogens (tertiary/aromatic N) is 1. The molecule has 24 heavy (non-hydrogen) atoms. The minimum atomic E-state index is -0.460. The van der Waals surface area contributed by atoms with Crippen LogP contribution in [-0.2, 0) is 14.3 Å². The lowest BCUT2D eigenvalue weighted by Gasteiger charge is -2.34. The summed E-state index contributed by atoms with van der Waals surface area (Å²) < 4.78 is 13.4. The Hall–Kier alpha value is -0.180. The van der Waals surface area contributed by atoms with Crippen molar-refractivity contribution in [3.05, 3.63) is 0 Å². The molecule has 0 saturated heterocycles. The highest BCUT2D eigenvalue weighted by Crippen LogP contribution is 2.31. The van der Waals surface area contributed by atoms with E-state index in [0.717, 1.165) is 13.0 Å². The van der Waals surface area contributed by atoms with Gasteiger partial charge in [-0.2, -0.15) is 0 Å². The van der Waals surface area contributed by atoms with Crippen molar-refractivity contribution < 1.29 is 14.3 Å². The molecule has 0 aliphatic rings. The second kappa shape index (κ2) is 9.50. The Bertz CT molecular complexity index is 387. The third-order valence-electron chi connectivity index (χ3n) is 3.67. The summed E-state index contributed by atoms with van der Waals surface area (Å²) >= 11 is 0. The van der Waals surface area contributed by atoms with E-state index in [1.165, 1.54) is 0 Å². The second-order valence-electron chi connectivity index (χ2n) is 9.32. The number of hydrogen-bond donors (Lipinski definition) is 0. The largest absolute Gasteiger partial charge is 0.379 e. The van der Waals surface area contributed by atoms with Crippen molar-refractivity contribution >= 4 is 14.6 Å². The first-order valence-electron chi connectivity index (χ1n) is 8.93. The van der Waals surface area contributed by atoms with E-state index in [9.17, 15) is 4.79 Å². The Kier molecular flexibility index (Phi) is 9.43. The van der Waals surface area contributed by atoms with Crippen molar-refractivity contribution in [2.45, 2.75) is 92.0 Å². The molecule has 4 nitrogen and oxygen atoms in total. The molecule has 0 spiro atoms. The molecule has 0 bridgehead atoms. The van der Waals surface area contributed by atoms with Crippen molar-refractivity contribution in [3.63, 3.8) is 0 Å². The van der Waals surface area contributed by atoms with Crippen LogP contribution in [0.2, 0.25) is 0 Å². The van der Waals surface area contributed by atoms with Crippen LogP contribution in [0.25, 0.3) is 0 Å². The Morgan fingerprint density at radius 3 is 2.00 bits per heavy atom. The number of amides is 1. The number of hydrogen-bond acceptors (Lipinski definition) is 3. The lowest BCUT2D eigenvalue weighted by Crippen LogP contribution is -2.38. The van der Waals surface area contributed by atoms with Gasteiger partial charge in [0.25, 0.3) is 0 Å². The van der Waals surface area contributed by atoms with Crippen molar-refractivity contribution in [2.24, 2.45) is 5.41 Å². The van der Waals surface area contributed by atoms with Crippen LogP contribution in [0.5, 0.6) is 0 Å². The number of ether oxygens (including phenoxy) is 2. The van der Waals surface area contributed by atoms with Gasteiger partial charge in [0.05, 0.1) is 24.2 Å². The molecule has 1 unspecified atom stereocenters. The maximum atomic E-state index is 12.8. The molecule has 0 aromatic rings. The molecule has 0 aliphatic carbocycles. The lowest BCUT2D eigenvalue weighted by molar-refractivity contribution is -0.134. The molecular formula is C19H40NO3P. The van der Waals surface area contributed by atoms with Crippen molar-refractivity contribution in [2.75, 3.05) is 20.3 Å². The summed E-state index contributed by atoms with van der Waals surface area (Å²) in [4.78, 5) is 12.8. The highest BCUT2D eigenvalue weighted by molar-refractivity contribution is 7.37. The normalized spacial score (nSPS) is 14.0. The molecule has 0 aliphatic heterocycles. The molecular weight excluding hydrogens is 321 g/mol. The van der Waals surface area contributed by atoms with Crippen LogP contribution in [0, 0.1) is 5.41 Å². The third-order valence-corrected chi connectivity index (χ3v) is 4.91.